The average molecular weight is 308 g/mol. The van der Waals surface area contributed by atoms with Gasteiger partial charge < -0.3 is 5.32 Å². The van der Waals surface area contributed by atoms with Gasteiger partial charge in [-0.2, -0.15) is 0 Å². The quantitative estimate of drug-likeness (QED) is 0.857. The number of hydrogen-bond donors (Lipinski definition) is 1. The van der Waals surface area contributed by atoms with E-state index < -0.39 is 0 Å². The Kier molecular flexibility index (Phi) is 4.02. The molecule has 0 atom stereocenters. The van der Waals surface area contributed by atoms with Crippen molar-refractivity contribution in [3.05, 3.63) is 63.4 Å². The van der Waals surface area contributed by atoms with E-state index in [1.165, 1.54) is 23.3 Å². The van der Waals surface area contributed by atoms with Crippen LogP contribution in [-0.4, -0.2) is 0 Å². The molecule has 0 aliphatic carbocycles. The van der Waals surface area contributed by atoms with Gasteiger partial charge in [0.2, 0.25) is 0 Å². The van der Waals surface area contributed by atoms with Crippen LogP contribution in [0.3, 0.4) is 0 Å². The lowest BCUT2D eigenvalue weighted by atomic mass is 10.1. The zero-order valence-electron chi connectivity index (χ0n) is 10.4. The molecular weight excluding hydrogens is 293 g/mol. The molecule has 0 aromatic heterocycles. The SMILES string of the molecule is Cc1cc(CNc2ccc(F)cc2C)ccc1Br. The standard InChI is InChI=1S/C15H15BrFN/c1-10-7-12(3-5-14(10)16)9-18-15-6-4-13(17)8-11(15)2/h3-8,18H,9H2,1-2H3. The van der Waals surface area contributed by atoms with Crippen LogP contribution < -0.4 is 5.32 Å². The molecule has 0 saturated carbocycles. The van der Waals surface area contributed by atoms with Crippen molar-refractivity contribution in [3.8, 4) is 0 Å². The van der Waals surface area contributed by atoms with Gasteiger partial charge in [0.1, 0.15) is 5.82 Å². The lowest BCUT2D eigenvalue weighted by molar-refractivity contribution is 0.627. The molecule has 0 fully saturated rings. The van der Waals surface area contributed by atoms with E-state index in [4.69, 9.17) is 0 Å². The van der Waals surface area contributed by atoms with Crippen molar-refractivity contribution < 1.29 is 4.39 Å². The van der Waals surface area contributed by atoms with Crippen LogP contribution in [0.25, 0.3) is 0 Å². The van der Waals surface area contributed by atoms with Gasteiger partial charge in [-0.05, 0) is 54.8 Å². The first-order chi connectivity index (χ1) is 8.56. The Morgan fingerprint density at radius 3 is 2.50 bits per heavy atom. The highest BCUT2D eigenvalue weighted by atomic mass is 79.9. The minimum atomic E-state index is -0.197. The minimum absolute atomic E-state index is 0.197. The van der Waals surface area contributed by atoms with E-state index >= 15 is 0 Å². The predicted octanol–water partition coefficient (Wildman–Crippen LogP) is 4.82. The van der Waals surface area contributed by atoms with Crippen LogP contribution in [0.15, 0.2) is 40.9 Å². The van der Waals surface area contributed by atoms with Gasteiger partial charge in [-0.15, -0.1) is 0 Å². The Morgan fingerprint density at radius 2 is 1.83 bits per heavy atom. The molecule has 0 unspecified atom stereocenters. The predicted molar refractivity (Wildman–Crippen MR) is 77.3 cm³/mol. The Balaban J connectivity index is 2.09. The zero-order valence-corrected chi connectivity index (χ0v) is 12.0. The van der Waals surface area contributed by atoms with Crippen molar-refractivity contribution in [1.29, 1.82) is 0 Å². The van der Waals surface area contributed by atoms with E-state index in [-0.39, 0.29) is 5.82 Å². The molecule has 2 aromatic rings. The number of hydrogen-bond acceptors (Lipinski definition) is 1. The van der Waals surface area contributed by atoms with Gasteiger partial charge in [-0.1, -0.05) is 28.1 Å². The number of anilines is 1. The number of aryl methyl sites for hydroxylation is 2. The van der Waals surface area contributed by atoms with Crippen LogP contribution in [-0.2, 0) is 6.54 Å². The summed E-state index contributed by atoms with van der Waals surface area (Å²) in [6.45, 7) is 4.70. The third-order valence-electron chi connectivity index (χ3n) is 2.89. The molecule has 2 rings (SSSR count). The van der Waals surface area contributed by atoms with Crippen LogP contribution in [0.5, 0.6) is 0 Å². The summed E-state index contributed by atoms with van der Waals surface area (Å²) < 4.78 is 14.1. The van der Waals surface area contributed by atoms with Crippen molar-refractivity contribution in [3.63, 3.8) is 0 Å². The van der Waals surface area contributed by atoms with Crippen LogP contribution >= 0.6 is 15.9 Å². The molecule has 1 N–H and O–H groups in total. The second kappa shape index (κ2) is 5.53. The highest BCUT2D eigenvalue weighted by Gasteiger charge is 2.01. The highest BCUT2D eigenvalue weighted by molar-refractivity contribution is 9.10. The first-order valence-corrected chi connectivity index (χ1v) is 6.60. The molecule has 2 aromatic carbocycles. The van der Waals surface area contributed by atoms with Crippen LogP contribution in [0.1, 0.15) is 16.7 Å². The molecule has 0 amide bonds. The first-order valence-electron chi connectivity index (χ1n) is 5.81. The van der Waals surface area contributed by atoms with Crippen molar-refractivity contribution in [1.82, 2.24) is 0 Å². The van der Waals surface area contributed by atoms with E-state index in [0.717, 1.165) is 22.3 Å². The highest BCUT2D eigenvalue weighted by Crippen LogP contribution is 2.19. The van der Waals surface area contributed by atoms with E-state index in [0.29, 0.717) is 0 Å². The summed E-state index contributed by atoms with van der Waals surface area (Å²) in [5, 5.41) is 3.32. The maximum Gasteiger partial charge on any atom is 0.123 e. The summed E-state index contributed by atoms with van der Waals surface area (Å²) in [6.07, 6.45) is 0. The molecule has 0 aliphatic heterocycles. The van der Waals surface area contributed by atoms with Crippen molar-refractivity contribution in [2.75, 3.05) is 5.32 Å². The summed E-state index contributed by atoms with van der Waals surface area (Å²) in [4.78, 5) is 0. The molecular formula is C15H15BrFN. The summed E-state index contributed by atoms with van der Waals surface area (Å²) in [6, 6.07) is 11.0. The zero-order chi connectivity index (χ0) is 13.1. The smallest absolute Gasteiger partial charge is 0.123 e. The Hall–Kier alpha value is -1.35. The molecule has 3 heteroatoms. The monoisotopic (exact) mass is 307 g/mol. The van der Waals surface area contributed by atoms with Gasteiger partial charge >= 0.3 is 0 Å². The van der Waals surface area contributed by atoms with E-state index in [9.17, 15) is 4.39 Å². The van der Waals surface area contributed by atoms with Crippen LogP contribution in [0.2, 0.25) is 0 Å². The molecule has 1 nitrogen and oxygen atoms in total. The molecule has 18 heavy (non-hydrogen) atoms. The fraction of sp³-hybridized carbons (Fsp3) is 0.200. The topological polar surface area (TPSA) is 12.0 Å². The molecule has 0 bridgehead atoms. The normalized spacial score (nSPS) is 10.4. The maximum absolute atomic E-state index is 13.0. The second-order valence-electron chi connectivity index (χ2n) is 4.40. The summed E-state index contributed by atoms with van der Waals surface area (Å²) >= 11 is 3.48. The fourth-order valence-electron chi connectivity index (χ4n) is 1.84. The molecule has 0 radical (unpaired) electrons. The van der Waals surface area contributed by atoms with Gasteiger partial charge in [-0.3, -0.25) is 0 Å². The lowest BCUT2D eigenvalue weighted by Crippen LogP contribution is -2.01. The largest absolute Gasteiger partial charge is 0.381 e. The lowest BCUT2D eigenvalue weighted by Gasteiger charge is -2.10. The maximum atomic E-state index is 13.0. The molecule has 0 heterocycles. The third kappa shape index (κ3) is 3.10. The Labute approximate surface area is 115 Å². The summed E-state index contributed by atoms with van der Waals surface area (Å²) in [7, 11) is 0. The van der Waals surface area contributed by atoms with Gasteiger partial charge in [0.25, 0.3) is 0 Å². The van der Waals surface area contributed by atoms with Crippen LogP contribution in [0.4, 0.5) is 10.1 Å². The van der Waals surface area contributed by atoms with Crippen molar-refractivity contribution in [2.45, 2.75) is 20.4 Å². The number of benzene rings is 2. The fourth-order valence-corrected chi connectivity index (χ4v) is 2.09. The molecule has 94 valence electrons. The van der Waals surface area contributed by atoms with Gasteiger partial charge in [0, 0.05) is 16.7 Å². The van der Waals surface area contributed by atoms with Gasteiger partial charge in [0.15, 0.2) is 0 Å². The Morgan fingerprint density at radius 1 is 1.06 bits per heavy atom. The number of rotatable bonds is 3. The summed E-state index contributed by atoms with van der Waals surface area (Å²) in [5.74, 6) is -0.197. The summed E-state index contributed by atoms with van der Waals surface area (Å²) in [5.41, 5.74) is 4.31. The number of halogens is 2. The number of nitrogens with one attached hydrogen (secondary N) is 1. The van der Waals surface area contributed by atoms with Crippen molar-refractivity contribution >= 4 is 21.6 Å². The first kappa shape index (κ1) is 13.1. The van der Waals surface area contributed by atoms with E-state index in [2.05, 4.69) is 40.3 Å². The van der Waals surface area contributed by atoms with Crippen molar-refractivity contribution in [2.24, 2.45) is 0 Å². The molecule has 0 spiro atoms. The minimum Gasteiger partial charge on any atom is -0.381 e. The Bertz CT molecular complexity index is 566. The van der Waals surface area contributed by atoms with Gasteiger partial charge in [-0.25, -0.2) is 4.39 Å². The van der Waals surface area contributed by atoms with E-state index in [1.807, 2.05) is 13.0 Å². The molecule has 0 aliphatic rings. The van der Waals surface area contributed by atoms with E-state index in [1.54, 1.807) is 6.07 Å². The average Bonchev–Trinajstić information content (AvgIpc) is 2.32. The third-order valence-corrected chi connectivity index (χ3v) is 3.78. The van der Waals surface area contributed by atoms with Crippen LogP contribution in [0, 0.1) is 19.7 Å². The van der Waals surface area contributed by atoms with Gasteiger partial charge in [0.05, 0.1) is 0 Å². The molecule has 0 saturated heterocycles. The second-order valence-corrected chi connectivity index (χ2v) is 5.25.